The Labute approximate surface area is 102 Å². The van der Waals surface area contributed by atoms with Crippen LogP contribution in [0.2, 0.25) is 0 Å². The second-order valence-corrected chi connectivity index (χ2v) is 6.13. The predicted octanol–water partition coefficient (Wildman–Crippen LogP) is 1.18. The van der Waals surface area contributed by atoms with Crippen LogP contribution in [0.3, 0.4) is 0 Å². The van der Waals surface area contributed by atoms with Crippen LogP contribution in [-0.2, 0) is 9.59 Å². The molecule has 96 valence electrons. The third-order valence-corrected chi connectivity index (χ3v) is 4.47. The Morgan fingerprint density at radius 1 is 1.24 bits per heavy atom. The monoisotopic (exact) mass is 239 g/mol. The van der Waals surface area contributed by atoms with E-state index < -0.39 is 11.6 Å². The largest absolute Gasteiger partial charge is 0.391 e. The molecule has 1 N–H and O–H groups in total. The Balaban J connectivity index is 2.29. The van der Waals surface area contributed by atoms with Gasteiger partial charge in [-0.1, -0.05) is 6.92 Å². The highest BCUT2D eigenvalue weighted by Gasteiger charge is 2.56. The molecule has 0 spiro atoms. The maximum Gasteiger partial charge on any atom is 0.233 e. The summed E-state index contributed by atoms with van der Waals surface area (Å²) in [5.74, 6) is -0.00809. The smallest absolute Gasteiger partial charge is 0.233 e. The lowest BCUT2D eigenvalue weighted by Crippen LogP contribution is -2.54. The van der Waals surface area contributed by atoms with E-state index in [4.69, 9.17) is 0 Å². The van der Waals surface area contributed by atoms with Crippen LogP contribution in [0.4, 0.5) is 0 Å². The van der Waals surface area contributed by atoms with E-state index in [9.17, 15) is 14.7 Å². The number of rotatable bonds is 2. The minimum absolute atomic E-state index is 0.0877. The normalized spacial score (nSPS) is 35.4. The maximum atomic E-state index is 12.3. The van der Waals surface area contributed by atoms with Gasteiger partial charge in [-0.3, -0.25) is 14.5 Å². The lowest BCUT2D eigenvalue weighted by molar-refractivity contribution is -0.151. The molecule has 1 aliphatic carbocycles. The van der Waals surface area contributed by atoms with E-state index in [-0.39, 0.29) is 23.7 Å². The maximum absolute atomic E-state index is 12.3. The van der Waals surface area contributed by atoms with E-state index in [1.54, 1.807) is 20.8 Å². The summed E-state index contributed by atoms with van der Waals surface area (Å²) in [4.78, 5) is 25.9. The molecule has 0 radical (unpaired) electrons. The third-order valence-electron chi connectivity index (χ3n) is 4.47. The Hall–Kier alpha value is -0.900. The van der Waals surface area contributed by atoms with Crippen molar-refractivity contribution < 1.29 is 14.7 Å². The van der Waals surface area contributed by atoms with Gasteiger partial charge in [0, 0.05) is 0 Å². The first-order chi connectivity index (χ1) is 7.76. The van der Waals surface area contributed by atoms with Crippen molar-refractivity contribution in [2.75, 3.05) is 0 Å². The number of fused-ring (bicyclic) bond motifs is 1. The van der Waals surface area contributed by atoms with Gasteiger partial charge in [-0.25, -0.2) is 0 Å². The lowest BCUT2D eigenvalue weighted by Gasteiger charge is -2.37. The number of aliphatic hydroxyl groups excluding tert-OH is 1. The summed E-state index contributed by atoms with van der Waals surface area (Å²) in [6, 6.07) is 0. The fourth-order valence-electron chi connectivity index (χ4n) is 3.03. The van der Waals surface area contributed by atoms with Crippen LogP contribution in [-0.4, -0.2) is 33.5 Å². The standard InChI is InChI=1S/C13H21NO3/c1-7-5-9-10(6-7)12(17)14(11(9)16)13(3,4)8(2)15/h7-10,15H,5-6H2,1-4H3. The molecule has 1 saturated heterocycles. The summed E-state index contributed by atoms with van der Waals surface area (Å²) in [6.45, 7) is 7.20. The highest BCUT2D eigenvalue weighted by Crippen LogP contribution is 2.45. The average Bonchev–Trinajstić information content (AvgIpc) is 2.67. The van der Waals surface area contributed by atoms with Gasteiger partial charge in [-0.2, -0.15) is 0 Å². The average molecular weight is 239 g/mol. The van der Waals surface area contributed by atoms with Gasteiger partial charge in [-0.05, 0) is 39.5 Å². The molecule has 0 aromatic carbocycles. The zero-order chi connectivity index (χ0) is 13.0. The number of carbonyl (C=O) groups is 2. The molecule has 0 aromatic heterocycles. The van der Waals surface area contributed by atoms with Crippen LogP contribution < -0.4 is 0 Å². The first kappa shape index (κ1) is 12.6. The van der Waals surface area contributed by atoms with E-state index in [1.165, 1.54) is 4.90 Å². The number of aliphatic hydroxyl groups is 1. The third kappa shape index (κ3) is 1.69. The molecule has 2 aliphatic rings. The molecule has 4 heteroatoms. The quantitative estimate of drug-likeness (QED) is 0.736. The molecule has 2 amide bonds. The van der Waals surface area contributed by atoms with E-state index in [0.717, 1.165) is 12.8 Å². The lowest BCUT2D eigenvalue weighted by atomic mass is 9.95. The number of carbonyl (C=O) groups excluding carboxylic acids is 2. The highest BCUT2D eigenvalue weighted by molar-refractivity contribution is 6.06. The SMILES string of the molecule is CC1CC2C(=O)N(C(C)(C)C(C)O)C(=O)C2C1. The van der Waals surface area contributed by atoms with Gasteiger partial charge < -0.3 is 5.11 Å². The molecular formula is C13H21NO3. The van der Waals surface area contributed by atoms with E-state index in [2.05, 4.69) is 6.92 Å². The summed E-state index contributed by atoms with van der Waals surface area (Å²) >= 11 is 0. The number of hydrogen-bond acceptors (Lipinski definition) is 3. The molecule has 4 nitrogen and oxygen atoms in total. The fraction of sp³-hybridized carbons (Fsp3) is 0.846. The number of nitrogens with zero attached hydrogens (tertiary/aromatic N) is 1. The second kappa shape index (κ2) is 3.80. The van der Waals surface area contributed by atoms with Gasteiger partial charge in [0.15, 0.2) is 0 Å². The summed E-state index contributed by atoms with van der Waals surface area (Å²) in [7, 11) is 0. The first-order valence-corrected chi connectivity index (χ1v) is 6.32. The Kier molecular flexibility index (Phi) is 2.81. The second-order valence-electron chi connectivity index (χ2n) is 6.13. The zero-order valence-electron chi connectivity index (χ0n) is 10.9. The summed E-state index contributed by atoms with van der Waals surface area (Å²) in [6.07, 6.45) is 0.898. The van der Waals surface area contributed by atoms with Gasteiger partial charge in [0.2, 0.25) is 11.8 Å². The molecule has 1 aliphatic heterocycles. The van der Waals surface area contributed by atoms with Crippen molar-refractivity contribution in [2.45, 2.75) is 52.2 Å². The van der Waals surface area contributed by atoms with Crippen molar-refractivity contribution >= 4 is 11.8 Å². The van der Waals surface area contributed by atoms with Crippen molar-refractivity contribution in [3.63, 3.8) is 0 Å². The molecule has 3 unspecified atom stereocenters. The van der Waals surface area contributed by atoms with E-state index in [0.29, 0.717) is 5.92 Å². The van der Waals surface area contributed by atoms with Crippen LogP contribution >= 0.6 is 0 Å². The van der Waals surface area contributed by atoms with Crippen LogP contribution in [0.25, 0.3) is 0 Å². The van der Waals surface area contributed by atoms with Gasteiger partial charge in [0.25, 0.3) is 0 Å². The number of hydrogen-bond donors (Lipinski definition) is 1. The zero-order valence-corrected chi connectivity index (χ0v) is 10.9. The van der Waals surface area contributed by atoms with Crippen LogP contribution in [0.1, 0.15) is 40.5 Å². The molecule has 0 bridgehead atoms. The minimum Gasteiger partial charge on any atom is -0.391 e. The van der Waals surface area contributed by atoms with Crippen LogP contribution in [0, 0.1) is 17.8 Å². The van der Waals surface area contributed by atoms with Crippen molar-refractivity contribution in [3.8, 4) is 0 Å². The van der Waals surface area contributed by atoms with Gasteiger partial charge in [0.05, 0.1) is 23.5 Å². The summed E-state index contributed by atoms with van der Waals surface area (Å²) in [5, 5.41) is 9.75. The van der Waals surface area contributed by atoms with Gasteiger partial charge in [-0.15, -0.1) is 0 Å². The Morgan fingerprint density at radius 3 is 2.00 bits per heavy atom. The highest BCUT2D eigenvalue weighted by atomic mass is 16.3. The first-order valence-electron chi connectivity index (χ1n) is 6.32. The fourth-order valence-corrected chi connectivity index (χ4v) is 3.03. The molecule has 2 fully saturated rings. The Bertz CT molecular complexity index is 338. The van der Waals surface area contributed by atoms with Crippen molar-refractivity contribution in [2.24, 2.45) is 17.8 Å². The molecule has 17 heavy (non-hydrogen) atoms. The van der Waals surface area contributed by atoms with Crippen molar-refractivity contribution in [1.82, 2.24) is 4.90 Å². The van der Waals surface area contributed by atoms with Crippen molar-refractivity contribution in [1.29, 1.82) is 0 Å². The molecular weight excluding hydrogens is 218 g/mol. The van der Waals surface area contributed by atoms with Crippen LogP contribution in [0.15, 0.2) is 0 Å². The molecule has 1 heterocycles. The van der Waals surface area contributed by atoms with Crippen molar-refractivity contribution in [3.05, 3.63) is 0 Å². The molecule has 0 aromatic rings. The number of imide groups is 1. The number of amides is 2. The molecule has 2 rings (SSSR count). The van der Waals surface area contributed by atoms with Gasteiger partial charge in [0.1, 0.15) is 0 Å². The molecule has 3 atom stereocenters. The topological polar surface area (TPSA) is 57.6 Å². The van der Waals surface area contributed by atoms with E-state index in [1.807, 2.05) is 0 Å². The van der Waals surface area contributed by atoms with Crippen LogP contribution in [0.5, 0.6) is 0 Å². The molecule has 1 saturated carbocycles. The summed E-state index contributed by atoms with van der Waals surface area (Å²) in [5.41, 5.74) is -0.804. The van der Waals surface area contributed by atoms with E-state index >= 15 is 0 Å². The summed E-state index contributed by atoms with van der Waals surface area (Å²) < 4.78 is 0. The van der Waals surface area contributed by atoms with Gasteiger partial charge >= 0.3 is 0 Å². The predicted molar refractivity (Wildman–Crippen MR) is 63.0 cm³/mol. The number of likely N-dealkylation sites (tertiary alicyclic amines) is 1. The Morgan fingerprint density at radius 2 is 1.65 bits per heavy atom. The minimum atomic E-state index is -0.804.